The highest BCUT2D eigenvalue weighted by Gasteiger charge is 2.43. The summed E-state index contributed by atoms with van der Waals surface area (Å²) in [5, 5.41) is 37.2. The molecule has 1 fully saturated rings. The molecule has 90 valence electrons. The number of hydrogen-bond acceptors (Lipinski definition) is 7. The lowest BCUT2D eigenvalue weighted by atomic mass is 9.99. The van der Waals surface area contributed by atoms with Gasteiger partial charge in [-0.3, -0.25) is 0 Å². The highest BCUT2D eigenvalue weighted by Crippen LogP contribution is 2.21. The van der Waals surface area contributed by atoms with Gasteiger partial charge < -0.3 is 29.9 Å². The van der Waals surface area contributed by atoms with Crippen molar-refractivity contribution in [2.75, 3.05) is 19.0 Å². The zero-order valence-electron chi connectivity index (χ0n) is 8.06. The molecule has 1 heterocycles. The first kappa shape index (κ1) is 13.2. The quantitative estimate of drug-likeness (QED) is 0.355. The van der Waals surface area contributed by atoms with Gasteiger partial charge >= 0.3 is 0 Å². The summed E-state index contributed by atoms with van der Waals surface area (Å²) >= 11 is 3.91. The predicted molar refractivity (Wildman–Crippen MR) is 53.6 cm³/mol. The lowest BCUT2D eigenvalue weighted by Gasteiger charge is -2.39. The molecule has 1 rings (SSSR count). The van der Waals surface area contributed by atoms with Gasteiger partial charge in [0.05, 0.1) is 13.2 Å². The minimum absolute atomic E-state index is 0.242. The van der Waals surface area contributed by atoms with Crippen LogP contribution in [0.15, 0.2) is 0 Å². The summed E-state index contributed by atoms with van der Waals surface area (Å²) in [7, 11) is 0. The standard InChI is InChI=1S/C8H16O6S/c9-3-4-5(10)6(11)7(12)8(14-4)13-1-2-15/h4-12,15H,1-3H2/t4?,5-,6?,7?,8-/m1/s1. The van der Waals surface area contributed by atoms with Crippen LogP contribution < -0.4 is 0 Å². The molecule has 7 heteroatoms. The Hall–Kier alpha value is 0.110. The number of hydrogen-bond donors (Lipinski definition) is 5. The smallest absolute Gasteiger partial charge is 0.186 e. The fraction of sp³-hybridized carbons (Fsp3) is 1.00. The molecule has 5 atom stereocenters. The molecule has 1 aliphatic rings. The third-order valence-electron chi connectivity index (χ3n) is 2.22. The molecule has 0 aromatic heterocycles. The van der Waals surface area contributed by atoms with Crippen LogP contribution in [0.5, 0.6) is 0 Å². The first-order valence-electron chi connectivity index (χ1n) is 4.64. The van der Waals surface area contributed by atoms with Gasteiger partial charge in [0.25, 0.3) is 0 Å². The molecule has 0 bridgehead atoms. The van der Waals surface area contributed by atoms with Gasteiger partial charge in [-0.15, -0.1) is 0 Å². The van der Waals surface area contributed by atoms with Gasteiger partial charge in [-0.2, -0.15) is 12.6 Å². The van der Waals surface area contributed by atoms with Crippen molar-refractivity contribution in [3.05, 3.63) is 0 Å². The fourth-order valence-electron chi connectivity index (χ4n) is 1.37. The van der Waals surface area contributed by atoms with Gasteiger partial charge in [-0.05, 0) is 0 Å². The molecule has 3 unspecified atom stereocenters. The fourth-order valence-corrected chi connectivity index (χ4v) is 1.48. The van der Waals surface area contributed by atoms with E-state index in [9.17, 15) is 15.3 Å². The average molecular weight is 240 g/mol. The van der Waals surface area contributed by atoms with Crippen LogP contribution in [0.3, 0.4) is 0 Å². The van der Waals surface area contributed by atoms with E-state index in [1.54, 1.807) is 0 Å². The summed E-state index contributed by atoms with van der Waals surface area (Å²) in [5.74, 6) is 0.440. The molecular weight excluding hydrogens is 224 g/mol. The summed E-state index contributed by atoms with van der Waals surface area (Å²) in [5.41, 5.74) is 0. The Labute approximate surface area is 92.8 Å². The van der Waals surface area contributed by atoms with Crippen LogP contribution in [0.1, 0.15) is 0 Å². The SMILES string of the molecule is OCC1O[C@@H](OCCS)C(O)C(O)[C@@H]1O. The van der Waals surface area contributed by atoms with E-state index in [1.807, 2.05) is 0 Å². The normalized spacial score (nSPS) is 41.8. The molecule has 0 aliphatic carbocycles. The minimum Gasteiger partial charge on any atom is -0.394 e. The maximum Gasteiger partial charge on any atom is 0.186 e. The van der Waals surface area contributed by atoms with E-state index in [0.717, 1.165) is 0 Å². The van der Waals surface area contributed by atoms with Crippen molar-refractivity contribution in [3.8, 4) is 0 Å². The monoisotopic (exact) mass is 240 g/mol. The van der Waals surface area contributed by atoms with Crippen LogP contribution in [0.25, 0.3) is 0 Å². The van der Waals surface area contributed by atoms with Crippen molar-refractivity contribution in [2.45, 2.75) is 30.7 Å². The Morgan fingerprint density at radius 2 is 1.80 bits per heavy atom. The van der Waals surface area contributed by atoms with Crippen LogP contribution in [0, 0.1) is 0 Å². The van der Waals surface area contributed by atoms with E-state index in [-0.39, 0.29) is 6.61 Å². The van der Waals surface area contributed by atoms with Gasteiger partial charge in [-0.25, -0.2) is 0 Å². The first-order chi connectivity index (χ1) is 7.11. The van der Waals surface area contributed by atoms with E-state index in [1.165, 1.54) is 0 Å². The van der Waals surface area contributed by atoms with Crippen molar-refractivity contribution >= 4 is 12.6 Å². The van der Waals surface area contributed by atoms with Gasteiger partial charge in [0, 0.05) is 5.75 Å². The second-order valence-electron chi connectivity index (χ2n) is 3.29. The van der Waals surface area contributed by atoms with Crippen molar-refractivity contribution in [1.82, 2.24) is 0 Å². The molecule has 6 nitrogen and oxygen atoms in total. The molecule has 0 amide bonds. The number of rotatable bonds is 4. The molecule has 1 aliphatic heterocycles. The van der Waals surface area contributed by atoms with E-state index in [4.69, 9.17) is 14.6 Å². The van der Waals surface area contributed by atoms with E-state index in [0.29, 0.717) is 5.75 Å². The van der Waals surface area contributed by atoms with Gasteiger partial charge in [0.2, 0.25) is 0 Å². The molecule has 4 N–H and O–H groups in total. The molecule has 15 heavy (non-hydrogen) atoms. The van der Waals surface area contributed by atoms with Crippen LogP contribution in [-0.2, 0) is 9.47 Å². The van der Waals surface area contributed by atoms with Crippen LogP contribution in [-0.4, -0.2) is 70.1 Å². The van der Waals surface area contributed by atoms with E-state index < -0.39 is 37.3 Å². The van der Waals surface area contributed by atoms with Crippen molar-refractivity contribution in [2.24, 2.45) is 0 Å². The second kappa shape index (κ2) is 6.00. The second-order valence-corrected chi connectivity index (χ2v) is 3.74. The third kappa shape index (κ3) is 3.04. The maximum absolute atomic E-state index is 9.48. The van der Waals surface area contributed by atoms with Crippen LogP contribution >= 0.6 is 12.6 Å². The Morgan fingerprint density at radius 1 is 1.13 bits per heavy atom. The van der Waals surface area contributed by atoms with Gasteiger partial charge in [0.15, 0.2) is 6.29 Å². The summed E-state index contributed by atoms with van der Waals surface area (Å²) in [6.45, 7) is -0.211. The minimum atomic E-state index is -1.39. The number of aliphatic hydroxyl groups excluding tert-OH is 4. The van der Waals surface area contributed by atoms with Gasteiger partial charge in [0.1, 0.15) is 24.4 Å². The Bertz CT molecular complexity index is 190. The van der Waals surface area contributed by atoms with Crippen molar-refractivity contribution in [1.29, 1.82) is 0 Å². The number of aliphatic hydroxyl groups is 4. The molecule has 0 aromatic carbocycles. The van der Waals surface area contributed by atoms with Gasteiger partial charge in [-0.1, -0.05) is 0 Å². The number of thiol groups is 1. The molecule has 1 saturated heterocycles. The summed E-state index contributed by atoms with van der Waals surface area (Å²) < 4.78 is 10.1. The maximum atomic E-state index is 9.48. The molecule has 0 radical (unpaired) electrons. The number of ether oxygens (including phenoxy) is 2. The van der Waals surface area contributed by atoms with Crippen LogP contribution in [0.4, 0.5) is 0 Å². The molecular formula is C8H16O6S. The van der Waals surface area contributed by atoms with Crippen LogP contribution in [0.2, 0.25) is 0 Å². The summed E-state index contributed by atoms with van der Waals surface area (Å²) in [6.07, 6.45) is -6.04. The third-order valence-corrected chi connectivity index (χ3v) is 2.40. The lowest BCUT2D eigenvalue weighted by molar-refractivity contribution is -0.299. The largest absolute Gasteiger partial charge is 0.394 e. The van der Waals surface area contributed by atoms with Crippen molar-refractivity contribution in [3.63, 3.8) is 0 Å². The highest BCUT2D eigenvalue weighted by atomic mass is 32.1. The Morgan fingerprint density at radius 3 is 2.33 bits per heavy atom. The van der Waals surface area contributed by atoms with Crippen molar-refractivity contribution < 1.29 is 29.9 Å². The van der Waals surface area contributed by atoms with E-state index in [2.05, 4.69) is 12.6 Å². The average Bonchev–Trinajstić information content (AvgIpc) is 2.25. The van der Waals surface area contributed by atoms with E-state index >= 15 is 0 Å². The summed E-state index contributed by atoms with van der Waals surface area (Å²) in [4.78, 5) is 0. The highest BCUT2D eigenvalue weighted by molar-refractivity contribution is 7.80. The Kier molecular flexibility index (Phi) is 5.27. The zero-order valence-corrected chi connectivity index (χ0v) is 8.96. The first-order valence-corrected chi connectivity index (χ1v) is 5.28. The lowest BCUT2D eigenvalue weighted by Crippen LogP contribution is -2.59. The topological polar surface area (TPSA) is 99.4 Å². The summed E-state index contributed by atoms with van der Waals surface area (Å²) in [6, 6.07) is 0. The molecule has 0 saturated carbocycles. The molecule has 0 spiro atoms. The predicted octanol–water partition coefficient (Wildman–Crippen LogP) is -2.27. The Balaban J connectivity index is 2.57. The molecule has 0 aromatic rings. The zero-order chi connectivity index (χ0) is 11.4.